The summed E-state index contributed by atoms with van der Waals surface area (Å²) in [4.78, 5) is 29.2. The molecular formula is C24H30N8OS. The first-order valence-corrected chi connectivity index (χ1v) is 13.2. The maximum absolute atomic E-state index is 13.0. The number of anilines is 4. The lowest BCUT2D eigenvalue weighted by atomic mass is 10.0. The summed E-state index contributed by atoms with van der Waals surface area (Å²) in [6, 6.07) is 1.83. The fourth-order valence-corrected chi connectivity index (χ4v) is 6.18. The predicted octanol–water partition coefficient (Wildman–Crippen LogP) is 4.71. The number of rotatable bonds is 6. The van der Waals surface area contributed by atoms with Crippen molar-refractivity contribution in [2.75, 3.05) is 22.1 Å². The van der Waals surface area contributed by atoms with Gasteiger partial charge in [-0.3, -0.25) is 9.89 Å². The standard InChI is InChI=1S/C24H30N8OS/c1-14-8-9-16-20(14)21(27-19-13-17(30-31-19)15-5-2-3-6-15)28-23(26-16)32-11-4-7-18(32)22(33)29-24-25-10-12-34-24/h10,12-15,18H,2-9,11H2,1H3,(H,25,29,33)(H2,26,27,28,30,31)/t14?,18-/m1/s1. The Bertz CT molecular complexity index is 1170. The Morgan fingerprint density at radius 1 is 1.18 bits per heavy atom. The molecule has 1 aliphatic heterocycles. The van der Waals surface area contributed by atoms with E-state index >= 15 is 0 Å². The average Bonchev–Trinajstić information content (AvgIpc) is 3.65. The molecule has 178 valence electrons. The van der Waals surface area contributed by atoms with Gasteiger partial charge in [-0.05, 0) is 44.4 Å². The maximum Gasteiger partial charge on any atom is 0.248 e. The van der Waals surface area contributed by atoms with Crippen LogP contribution in [0.3, 0.4) is 0 Å². The number of fused-ring (bicyclic) bond motifs is 1. The molecular weight excluding hydrogens is 448 g/mol. The number of amides is 1. The molecule has 0 spiro atoms. The van der Waals surface area contributed by atoms with Crippen LogP contribution in [0.4, 0.5) is 22.7 Å². The minimum Gasteiger partial charge on any atom is -0.329 e. The number of thiazole rings is 1. The summed E-state index contributed by atoms with van der Waals surface area (Å²) in [5, 5.41) is 16.7. The zero-order valence-corrected chi connectivity index (χ0v) is 20.2. The lowest BCUT2D eigenvalue weighted by Gasteiger charge is -2.25. The van der Waals surface area contributed by atoms with Gasteiger partial charge < -0.3 is 15.5 Å². The molecule has 3 aromatic heterocycles. The Hall–Kier alpha value is -3.01. The Balaban J connectivity index is 1.28. The van der Waals surface area contributed by atoms with E-state index in [0.717, 1.165) is 49.6 Å². The number of aromatic amines is 1. The summed E-state index contributed by atoms with van der Waals surface area (Å²) in [6.07, 6.45) is 10.4. The molecule has 0 aromatic carbocycles. The van der Waals surface area contributed by atoms with Gasteiger partial charge in [0, 0.05) is 41.4 Å². The van der Waals surface area contributed by atoms with E-state index in [-0.39, 0.29) is 11.9 Å². The first kappa shape index (κ1) is 21.5. The molecule has 2 aliphatic carbocycles. The zero-order chi connectivity index (χ0) is 23.1. The highest BCUT2D eigenvalue weighted by atomic mass is 32.1. The molecule has 2 atom stereocenters. The third-order valence-electron chi connectivity index (χ3n) is 7.43. The minimum atomic E-state index is -0.298. The Morgan fingerprint density at radius 2 is 2.06 bits per heavy atom. The molecule has 1 unspecified atom stereocenters. The van der Waals surface area contributed by atoms with Crippen LogP contribution in [0.5, 0.6) is 0 Å². The molecule has 1 saturated heterocycles. The number of carbonyl (C=O) groups is 1. The monoisotopic (exact) mass is 478 g/mol. The third kappa shape index (κ3) is 4.04. The first-order valence-electron chi connectivity index (χ1n) is 12.4. The van der Waals surface area contributed by atoms with Gasteiger partial charge in [0.1, 0.15) is 11.9 Å². The summed E-state index contributed by atoms with van der Waals surface area (Å²) >= 11 is 1.43. The summed E-state index contributed by atoms with van der Waals surface area (Å²) in [6.45, 7) is 2.99. The normalized spacial score (nSPS) is 22.3. The molecule has 2 fully saturated rings. The van der Waals surface area contributed by atoms with Crippen LogP contribution >= 0.6 is 11.3 Å². The highest BCUT2D eigenvalue weighted by Gasteiger charge is 2.35. The fraction of sp³-hybridized carbons (Fsp3) is 0.542. The molecule has 10 heteroatoms. The van der Waals surface area contributed by atoms with Crippen LogP contribution in [0.15, 0.2) is 17.6 Å². The van der Waals surface area contributed by atoms with E-state index < -0.39 is 0 Å². The Labute approximate surface area is 202 Å². The molecule has 6 rings (SSSR count). The third-order valence-corrected chi connectivity index (χ3v) is 8.12. The molecule has 3 N–H and O–H groups in total. The van der Waals surface area contributed by atoms with E-state index in [9.17, 15) is 4.79 Å². The first-order chi connectivity index (χ1) is 16.7. The van der Waals surface area contributed by atoms with Crippen molar-refractivity contribution in [1.82, 2.24) is 25.1 Å². The second-order valence-corrected chi connectivity index (χ2v) is 10.6. The van der Waals surface area contributed by atoms with Crippen LogP contribution in [0.1, 0.15) is 80.7 Å². The fourth-order valence-electron chi connectivity index (χ4n) is 5.65. The molecule has 9 nitrogen and oxygen atoms in total. The summed E-state index contributed by atoms with van der Waals surface area (Å²) in [7, 11) is 0. The van der Waals surface area contributed by atoms with E-state index in [2.05, 4.69) is 38.8 Å². The van der Waals surface area contributed by atoms with Crippen LogP contribution in [0.2, 0.25) is 0 Å². The van der Waals surface area contributed by atoms with Gasteiger partial charge in [0.15, 0.2) is 10.9 Å². The van der Waals surface area contributed by atoms with E-state index in [1.54, 1.807) is 6.20 Å². The van der Waals surface area contributed by atoms with Gasteiger partial charge in [0.05, 0.1) is 5.69 Å². The van der Waals surface area contributed by atoms with Gasteiger partial charge in [-0.25, -0.2) is 9.97 Å². The second-order valence-electron chi connectivity index (χ2n) is 9.67. The van der Waals surface area contributed by atoms with Gasteiger partial charge in [-0.15, -0.1) is 11.3 Å². The van der Waals surface area contributed by atoms with Crippen LogP contribution in [-0.4, -0.2) is 43.6 Å². The lowest BCUT2D eigenvalue weighted by molar-refractivity contribution is -0.117. The van der Waals surface area contributed by atoms with Crippen molar-refractivity contribution in [2.45, 2.75) is 76.2 Å². The van der Waals surface area contributed by atoms with E-state index in [4.69, 9.17) is 9.97 Å². The van der Waals surface area contributed by atoms with Crippen molar-refractivity contribution < 1.29 is 4.79 Å². The van der Waals surface area contributed by atoms with Crippen molar-refractivity contribution in [3.8, 4) is 0 Å². The van der Waals surface area contributed by atoms with Crippen molar-refractivity contribution in [3.63, 3.8) is 0 Å². The molecule has 1 saturated carbocycles. The smallest absolute Gasteiger partial charge is 0.248 e. The number of nitrogens with one attached hydrogen (secondary N) is 3. The van der Waals surface area contributed by atoms with Gasteiger partial charge in [-0.2, -0.15) is 10.1 Å². The highest BCUT2D eigenvalue weighted by molar-refractivity contribution is 7.13. The van der Waals surface area contributed by atoms with Crippen molar-refractivity contribution in [3.05, 3.63) is 34.6 Å². The number of H-pyrrole nitrogens is 1. The number of aryl methyl sites for hydroxylation is 1. The minimum absolute atomic E-state index is 0.0482. The van der Waals surface area contributed by atoms with Gasteiger partial charge in [0.2, 0.25) is 11.9 Å². The maximum atomic E-state index is 13.0. The molecule has 3 aliphatic rings. The van der Waals surface area contributed by atoms with E-state index in [1.807, 2.05) is 10.3 Å². The van der Waals surface area contributed by atoms with Crippen LogP contribution in [-0.2, 0) is 11.2 Å². The largest absolute Gasteiger partial charge is 0.329 e. The lowest BCUT2D eigenvalue weighted by Crippen LogP contribution is -2.40. The predicted molar refractivity (Wildman–Crippen MR) is 133 cm³/mol. The Kier molecular flexibility index (Phi) is 5.68. The molecule has 3 aromatic rings. The van der Waals surface area contributed by atoms with Crippen molar-refractivity contribution in [1.29, 1.82) is 0 Å². The average molecular weight is 479 g/mol. The number of hydrogen-bond donors (Lipinski definition) is 3. The Morgan fingerprint density at radius 3 is 2.88 bits per heavy atom. The summed E-state index contributed by atoms with van der Waals surface area (Å²) in [5.41, 5.74) is 3.46. The summed E-state index contributed by atoms with van der Waals surface area (Å²) in [5.74, 6) is 3.16. The SMILES string of the molecule is CC1CCc2nc(N3CCC[C@@H]3C(=O)Nc3nccs3)nc(Nc3cc(C4CCCC4)[nH]n3)c21. The quantitative estimate of drug-likeness (QED) is 0.470. The zero-order valence-electron chi connectivity index (χ0n) is 19.4. The van der Waals surface area contributed by atoms with Crippen molar-refractivity contribution in [2.24, 2.45) is 0 Å². The highest BCUT2D eigenvalue weighted by Crippen LogP contribution is 2.40. The van der Waals surface area contributed by atoms with E-state index in [1.165, 1.54) is 48.3 Å². The molecule has 0 bridgehead atoms. The van der Waals surface area contributed by atoms with Crippen LogP contribution in [0, 0.1) is 0 Å². The number of aromatic nitrogens is 5. The molecule has 34 heavy (non-hydrogen) atoms. The van der Waals surface area contributed by atoms with Gasteiger partial charge in [0.25, 0.3) is 0 Å². The van der Waals surface area contributed by atoms with Crippen LogP contribution < -0.4 is 15.5 Å². The van der Waals surface area contributed by atoms with Gasteiger partial charge >= 0.3 is 0 Å². The number of nitrogens with zero attached hydrogens (tertiary/aromatic N) is 5. The molecule has 1 amide bonds. The molecule has 4 heterocycles. The van der Waals surface area contributed by atoms with Crippen LogP contribution in [0.25, 0.3) is 0 Å². The molecule has 0 radical (unpaired) electrons. The topological polar surface area (TPSA) is 112 Å². The number of carbonyl (C=O) groups excluding carboxylic acids is 1. The van der Waals surface area contributed by atoms with Crippen molar-refractivity contribution >= 4 is 40.0 Å². The second kappa shape index (κ2) is 8.98. The van der Waals surface area contributed by atoms with Gasteiger partial charge in [-0.1, -0.05) is 19.8 Å². The summed E-state index contributed by atoms with van der Waals surface area (Å²) < 4.78 is 0. The van der Waals surface area contributed by atoms with E-state index in [0.29, 0.717) is 22.9 Å². The number of hydrogen-bond acceptors (Lipinski definition) is 8.